The van der Waals surface area contributed by atoms with E-state index in [-0.39, 0.29) is 0 Å². The summed E-state index contributed by atoms with van der Waals surface area (Å²) in [6.07, 6.45) is 2.01. The average molecular weight is 230 g/mol. The molecule has 0 aliphatic heterocycles. The number of nitrogen functional groups attached to an aromatic ring is 1. The van der Waals surface area contributed by atoms with E-state index in [0.29, 0.717) is 0 Å². The fourth-order valence-electron chi connectivity index (χ4n) is 1.30. The van der Waals surface area contributed by atoms with Crippen molar-refractivity contribution in [2.45, 2.75) is 4.90 Å². The first-order chi connectivity index (χ1) is 6.24. The molecule has 4 heteroatoms. The number of nitrogens with two attached hydrogens (primary N) is 1. The Hall–Kier alpha value is -0.380. The molecule has 0 atom stereocenters. The summed E-state index contributed by atoms with van der Waals surface area (Å²) in [6.45, 7) is 0. The Kier molecular flexibility index (Phi) is 2.41. The lowest BCUT2D eigenvalue weighted by atomic mass is 10.2. The van der Waals surface area contributed by atoms with Crippen LogP contribution in [0.4, 0.5) is 5.69 Å². The molecule has 2 N–H and O–H groups in total. The largest absolute Gasteiger partial charge is 0.398 e. The van der Waals surface area contributed by atoms with Crippen molar-refractivity contribution < 1.29 is 0 Å². The standard InChI is InChI=1S/C9H8ClNS2/c1-12-9-6(11)2-3-7-8(9)5(10)4-13-7/h2-4H,11H2,1H3. The molecule has 0 saturated carbocycles. The lowest BCUT2D eigenvalue weighted by molar-refractivity contribution is 1.56. The Morgan fingerprint density at radius 2 is 2.23 bits per heavy atom. The van der Waals surface area contributed by atoms with Gasteiger partial charge in [0.2, 0.25) is 0 Å². The number of benzene rings is 1. The zero-order valence-electron chi connectivity index (χ0n) is 7.00. The van der Waals surface area contributed by atoms with Crippen molar-refractivity contribution in [2.24, 2.45) is 0 Å². The van der Waals surface area contributed by atoms with Gasteiger partial charge in [0.15, 0.2) is 0 Å². The van der Waals surface area contributed by atoms with Gasteiger partial charge in [-0.1, -0.05) is 11.6 Å². The number of fused-ring (bicyclic) bond motifs is 1. The van der Waals surface area contributed by atoms with E-state index < -0.39 is 0 Å². The topological polar surface area (TPSA) is 26.0 Å². The second-order valence-corrected chi connectivity index (χ2v) is 4.78. The summed E-state index contributed by atoms with van der Waals surface area (Å²) in [6, 6.07) is 3.95. The minimum atomic E-state index is 0.802. The van der Waals surface area contributed by atoms with Crippen LogP contribution in [0.3, 0.4) is 0 Å². The number of hydrogen-bond acceptors (Lipinski definition) is 3. The van der Waals surface area contributed by atoms with Crippen molar-refractivity contribution in [1.82, 2.24) is 0 Å². The summed E-state index contributed by atoms with van der Waals surface area (Å²) >= 11 is 9.36. The van der Waals surface area contributed by atoms with Crippen molar-refractivity contribution in [3.8, 4) is 0 Å². The number of halogens is 1. The van der Waals surface area contributed by atoms with E-state index in [9.17, 15) is 0 Å². The van der Waals surface area contributed by atoms with Crippen LogP contribution in [-0.2, 0) is 0 Å². The molecule has 0 amide bonds. The summed E-state index contributed by atoms with van der Waals surface area (Å²) in [5, 5.41) is 3.85. The molecule has 0 bridgehead atoms. The van der Waals surface area contributed by atoms with E-state index in [2.05, 4.69) is 0 Å². The molecule has 0 spiro atoms. The Morgan fingerprint density at radius 1 is 1.46 bits per heavy atom. The highest BCUT2D eigenvalue weighted by Crippen LogP contribution is 2.39. The maximum Gasteiger partial charge on any atom is 0.0603 e. The van der Waals surface area contributed by atoms with Gasteiger partial charge in [0.05, 0.1) is 5.02 Å². The minimum Gasteiger partial charge on any atom is -0.398 e. The third-order valence-corrected chi connectivity index (χ3v) is 4.11. The second-order valence-electron chi connectivity index (χ2n) is 2.64. The first kappa shape index (κ1) is 9.19. The summed E-state index contributed by atoms with van der Waals surface area (Å²) in [5.41, 5.74) is 6.66. The molecule has 2 rings (SSSR count). The number of hydrogen-bond donors (Lipinski definition) is 1. The summed E-state index contributed by atoms with van der Waals surface area (Å²) in [5.74, 6) is 0. The smallest absolute Gasteiger partial charge is 0.0603 e. The highest BCUT2D eigenvalue weighted by molar-refractivity contribution is 7.99. The summed E-state index contributed by atoms with van der Waals surface area (Å²) < 4.78 is 1.20. The van der Waals surface area contributed by atoms with Gasteiger partial charge < -0.3 is 5.73 Å². The molecule has 0 aliphatic rings. The van der Waals surface area contributed by atoms with Crippen LogP contribution in [0.15, 0.2) is 22.4 Å². The Morgan fingerprint density at radius 3 is 2.92 bits per heavy atom. The van der Waals surface area contributed by atoms with E-state index in [1.807, 2.05) is 23.8 Å². The maximum absolute atomic E-state index is 6.07. The Balaban J connectivity index is 2.88. The van der Waals surface area contributed by atoms with E-state index in [0.717, 1.165) is 21.0 Å². The normalized spacial score (nSPS) is 10.9. The van der Waals surface area contributed by atoms with Crippen LogP contribution in [0.25, 0.3) is 10.1 Å². The lowest BCUT2D eigenvalue weighted by Crippen LogP contribution is -1.87. The highest BCUT2D eigenvalue weighted by atomic mass is 35.5. The zero-order chi connectivity index (χ0) is 9.42. The molecule has 68 valence electrons. The Labute approximate surface area is 89.9 Å². The van der Waals surface area contributed by atoms with Gasteiger partial charge in [-0.05, 0) is 18.4 Å². The van der Waals surface area contributed by atoms with Crippen LogP contribution in [0.1, 0.15) is 0 Å². The van der Waals surface area contributed by atoms with Crippen molar-refractivity contribution >= 4 is 50.5 Å². The van der Waals surface area contributed by atoms with Gasteiger partial charge in [0.1, 0.15) is 0 Å². The molecule has 2 aromatic rings. The third kappa shape index (κ3) is 1.41. The predicted molar refractivity (Wildman–Crippen MR) is 63.0 cm³/mol. The molecule has 0 saturated heterocycles. The molecular weight excluding hydrogens is 222 g/mol. The average Bonchev–Trinajstić information content (AvgIpc) is 2.49. The van der Waals surface area contributed by atoms with E-state index in [1.54, 1.807) is 23.1 Å². The van der Waals surface area contributed by atoms with Crippen molar-refractivity contribution in [3.05, 3.63) is 22.5 Å². The maximum atomic E-state index is 6.07. The van der Waals surface area contributed by atoms with Crippen molar-refractivity contribution in [3.63, 3.8) is 0 Å². The first-order valence-electron chi connectivity index (χ1n) is 3.73. The molecular formula is C9H8ClNS2. The molecule has 1 heterocycles. The van der Waals surface area contributed by atoms with Crippen LogP contribution < -0.4 is 5.73 Å². The van der Waals surface area contributed by atoms with Gasteiger partial charge in [0.25, 0.3) is 0 Å². The zero-order valence-corrected chi connectivity index (χ0v) is 9.39. The van der Waals surface area contributed by atoms with Crippen LogP contribution in [0, 0.1) is 0 Å². The summed E-state index contributed by atoms with van der Waals surface area (Å²) in [4.78, 5) is 1.09. The quantitative estimate of drug-likeness (QED) is 0.594. The molecule has 1 nitrogen and oxygen atoms in total. The molecule has 0 aliphatic carbocycles. The number of anilines is 1. The summed E-state index contributed by atoms with van der Waals surface area (Å²) in [7, 11) is 0. The molecule has 0 unspecified atom stereocenters. The SMILES string of the molecule is CSc1c(N)ccc2scc(Cl)c12. The van der Waals surface area contributed by atoms with Gasteiger partial charge in [-0.25, -0.2) is 0 Å². The molecule has 0 radical (unpaired) electrons. The van der Waals surface area contributed by atoms with Crippen LogP contribution in [0.2, 0.25) is 5.02 Å². The van der Waals surface area contributed by atoms with Crippen LogP contribution >= 0.6 is 34.7 Å². The van der Waals surface area contributed by atoms with Crippen LogP contribution in [-0.4, -0.2) is 6.26 Å². The highest BCUT2D eigenvalue weighted by Gasteiger charge is 2.09. The van der Waals surface area contributed by atoms with Crippen LogP contribution in [0.5, 0.6) is 0 Å². The van der Waals surface area contributed by atoms with E-state index in [4.69, 9.17) is 17.3 Å². The molecule has 1 aromatic carbocycles. The monoisotopic (exact) mass is 229 g/mol. The lowest BCUT2D eigenvalue weighted by Gasteiger charge is -2.03. The second kappa shape index (κ2) is 3.40. The number of rotatable bonds is 1. The fraction of sp³-hybridized carbons (Fsp3) is 0.111. The molecule has 0 fully saturated rings. The Bertz CT molecular complexity index is 450. The van der Waals surface area contributed by atoms with Gasteiger partial charge >= 0.3 is 0 Å². The first-order valence-corrected chi connectivity index (χ1v) is 6.21. The third-order valence-electron chi connectivity index (χ3n) is 1.88. The van der Waals surface area contributed by atoms with E-state index in [1.165, 1.54) is 4.70 Å². The van der Waals surface area contributed by atoms with Gasteiger partial charge in [0, 0.05) is 26.0 Å². The van der Waals surface area contributed by atoms with E-state index >= 15 is 0 Å². The van der Waals surface area contributed by atoms with Gasteiger partial charge in [-0.15, -0.1) is 23.1 Å². The number of thioether (sulfide) groups is 1. The minimum absolute atomic E-state index is 0.802. The predicted octanol–water partition coefficient (Wildman–Crippen LogP) is 3.86. The molecule has 1 aromatic heterocycles. The fourth-order valence-corrected chi connectivity index (χ4v) is 3.36. The number of thiophene rings is 1. The van der Waals surface area contributed by atoms with Gasteiger partial charge in [-0.3, -0.25) is 0 Å². The van der Waals surface area contributed by atoms with Gasteiger partial charge in [-0.2, -0.15) is 0 Å². The molecule has 13 heavy (non-hydrogen) atoms. The van der Waals surface area contributed by atoms with Crippen molar-refractivity contribution in [1.29, 1.82) is 0 Å². The van der Waals surface area contributed by atoms with Crippen molar-refractivity contribution in [2.75, 3.05) is 12.0 Å².